The Kier molecular flexibility index (Phi) is 2.78. The minimum Gasteiger partial charge on any atom is -0.0888 e. The van der Waals surface area contributed by atoms with Crippen LogP contribution < -0.4 is 0 Å². The van der Waals surface area contributed by atoms with Gasteiger partial charge in [0.25, 0.3) is 0 Å². The smallest absolute Gasteiger partial charge is 0.0174 e. The molecule has 2 rings (SSSR count). The van der Waals surface area contributed by atoms with Gasteiger partial charge in [0.1, 0.15) is 0 Å². The summed E-state index contributed by atoms with van der Waals surface area (Å²) in [5.41, 5.74) is 0. The molecule has 3 unspecified atom stereocenters. The molecule has 0 bridgehead atoms. The molecule has 0 heterocycles. The van der Waals surface area contributed by atoms with Crippen molar-refractivity contribution in [3.63, 3.8) is 0 Å². The fraction of sp³-hybridized carbons (Fsp3) is 1.00. The minimum atomic E-state index is 0.822. The predicted octanol–water partition coefficient (Wildman–Crippen LogP) is 3.99. The van der Waals surface area contributed by atoms with Gasteiger partial charge in [-0.05, 0) is 30.6 Å². The van der Waals surface area contributed by atoms with Crippen molar-refractivity contribution in [2.45, 2.75) is 50.3 Å². The maximum atomic E-state index is 3.79. The Morgan fingerprint density at radius 2 is 1.67 bits per heavy atom. The van der Waals surface area contributed by atoms with E-state index in [1.54, 1.807) is 0 Å². The molecule has 0 aliphatic heterocycles. The van der Waals surface area contributed by atoms with Gasteiger partial charge in [-0.2, -0.15) is 0 Å². The van der Waals surface area contributed by atoms with Crippen molar-refractivity contribution in [1.29, 1.82) is 0 Å². The fourth-order valence-electron chi connectivity index (χ4n) is 3.20. The molecule has 0 spiro atoms. The van der Waals surface area contributed by atoms with Crippen molar-refractivity contribution < 1.29 is 0 Å². The third-order valence-electron chi connectivity index (χ3n) is 4.03. The van der Waals surface area contributed by atoms with Gasteiger partial charge in [-0.25, -0.2) is 0 Å². The van der Waals surface area contributed by atoms with Crippen molar-refractivity contribution in [3.05, 3.63) is 0 Å². The Morgan fingerprint density at radius 3 is 2.17 bits per heavy atom. The van der Waals surface area contributed by atoms with Gasteiger partial charge in [0.15, 0.2) is 0 Å². The largest absolute Gasteiger partial charge is 0.0888 e. The van der Waals surface area contributed by atoms with Crippen LogP contribution in [0.25, 0.3) is 0 Å². The van der Waals surface area contributed by atoms with E-state index in [1.165, 1.54) is 38.5 Å². The van der Waals surface area contributed by atoms with Crippen LogP contribution in [0.3, 0.4) is 0 Å². The molecular weight excluding hydrogens is 212 g/mol. The first-order valence-corrected chi connectivity index (χ1v) is 6.34. The van der Waals surface area contributed by atoms with Gasteiger partial charge in [-0.1, -0.05) is 48.5 Å². The third-order valence-corrected chi connectivity index (χ3v) is 5.32. The number of alkyl halides is 1. The zero-order chi connectivity index (χ0) is 8.55. The van der Waals surface area contributed by atoms with Gasteiger partial charge >= 0.3 is 0 Å². The summed E-state index contributed by atoms with van der Waals surface area (Å²) in [5.74, 6) is 3.08. The van der Waals surface area contributed by atoms with Gasteiger partial charge < -0.3 is 0 Å². The summed E-state index contributed by atoms with van der Waals surface area (Å²) < 4.78 is 0. The number of hydrogen-bond donors (Lipinski definition) is 0. The van der Waals surface area contributed by atoms with E-state index >= 15 is 0 Å². The molecule has 2 aliphatic carbocycles. The highest BCUT2D eigenvalue weighted by Gasteiger charge is 2.36. The summed E-state index contributed by atoms with van der Waals surface area (Å²) in [6.45, 7) is 2.44. The average molecular weight is 231 g/mol. The number of halogens is 1. The molecule has 3 atom stereocenters. The Hall–Kier alpha value is 0.480. The van der Waals surface area contributed by atoms with Gasteiger partial charge in [-0.3, -0.25) is 0 Å². The third kappa shape index (κ3) is 1.57. The average Bonchev–Trinajstić information content (AvgIpc) is 2.64. The van der Waals surface area contributed by atoms with Gasteiger partial charge in [0.05, 0.1) is 0 Å². The van der Waals surface area contributed by atoms with Crippen LogP contribution in [0, 0.1) is 17.8 Å². The summed E-state index contributed by atoms with van der Waals surface area (Å²) >= 11 is 3.79. The first-order valence-electron chi connectivity index (χ1n) is 5.43. The Morgan fingerprint density at radius 1 is 1.00 bits per heavy atom. The molecule has 0 aromatic heterocycles. The number of hydrogen-bond acceptors (Lipinski definition) is 0. The van der Waals surface area contributed by atoms with Crippen molar-refractivity contribution in [2.24, 2.45) is 17.8 Å². The van der Waals surface area contributed by atoms with Crippen molar-refractivity contribution in [2.75, 3.05) is 0 Å². The molecule has 2 saturated carbocycles. The van der Waals surface area contributed by atoms with Crippen LogP contribution in [0.15, 0.2) is 0 Å². The molecule has 0 radical (unpaired) electrons. The summed E-state index contributed by atoms with van der Waals surface area (Å²) in [5, 5.41) is 0. The lowest BCUT2D eigenvalue weighted by molar-refractivity contribution is 0.283. The molecular formula is C11H19Br. The zero-order valence-electron chi connectivity index (χ0n) is 7.93. The lowest BCUT2D eigenvalue weighted by Gasteiger charge is -2.23. The van der Waals surface area contributed by atoms with E-state index in [4.69, 9.17) is 0 Å². The lowest BCUT2D eigenvalue weighted by Crippen LogP contribution is -2.17. The molecule has 70 valence electrons. The molecule has 2 aliphatic rings. The predicted molar refractivity (Wildman–Crippen MR) is 56.6 cm³/mol. The van der Waals surface area contributed by atoms with Crippen LogP contribution in [0.2, 0.25) is 0 Å². The molecule has 2 fully saturated rings. The lowest BCUT2D eigenvalue weighted by atomic mass is 9.84. The topological polar surface area (TPSA) is 0 Å². The van der Waals surface area contributed by atoms with Crippen LogP contribution in [0.5, 0.6) is 0 Å². The highest BCUT2D eigenvalue weighted by Crippen LogP contribution is 2.45. The van der Waals surface area contributed by atoms with Crippen LogP contribution in [0.4, 0.5) is 0 Å². The van der Waals surface area contributed by atoms with Gasteiger partial charge in [0, 0.05) is 4.83 Å². The highest BCUT2D eigenvalue weighted by molar-refractivity contribution is 9.09. The molecule has 0 N–H and O–H groups in total. The maximum absolute atomic E-state index is 3.79. The molecule has 0 saturated heterocycles. The Balaban J connectivity index is 1.95. The zero-order valence-corrected chi connectivity index (χ0v) is 9.52. The highest BCUT2D eigenvalue weighted by atomic mass is 79.9. The summed E-state index contributed by atoms with van der Waals surface area (Å²) in [6, 6.07) is 0. The normalized spacial score (nSPS) is 44.0. The molecule has 12 heavy (non-hydrogen) atoms. The second-order valence-corrected chi connectivity index (χ2v) is 5.84. The van der Waals surface area contributed by atoms with Crippen molar-refractivity contribution >= 4 is 15.9 Å². The first-order chi connectivity index (χ1) is 5.79. The molecule has 0 aromatic carbocycles. The molecule has 0 amide bonds. The van der Waals surface area contributed by atoms with Crippen molar-refractivity contribution in [1.82, 2.24) is 0 Å². The van der Waals surface area contributed by atoms with E-state index < -0.39 is 0 Å². The van der Waals surface area contributed by atoms with E-state index in [-0.39, 0.29) is 0 Å². The minimum absolute atomic E-state index is 0.822. The summed E-state index contributed by atoms with van der Waals surface area (Å²) in [6.07, 6.45) is 8.95. The second kappa shape index (κ2) is 3.69. The van der Waals surface area contributed by atoms with Crippen LogP contribution in [-0.2, 0) is 0 Å². The first kappa shape index (κ1) is 9.05. The van der Waals surface area contributed by atoms with E-state index in [2.05, 4.69) is 22.9 Å². The Bertz CT molecular complexity index is 149. The monoisotopic (exact) mass is 230 g/mol. The van der Waals surface area contributed by atoms with E-state index in [0.29, 0.717) is 0 Å². The maximum Gasteiger partial charge on any atom is 0.0174 e. The van der Waals surface area contributed by atoms with Crippen LogP contribution in [-0.4, -0.2) is 4.83 Å². The summed E-state index contributed by atoms with van der Waals surface area (Å²) in [4.78, 5) is 0.822. The molecule has 0 nitrogen and oxygen atoms in total. The van der Waals surface area contributed by atoms with Crippen molar-refractivity contribution in [3.8, 4) is 0 Å². The summed E-state index contributed by atoms with van der Waals surface area (Å²) in [7, 11) is 0. The fourth-order valence-corrected chi connectivity index (χ4v) is 3.85. The van der Waals surface area contributed by atoms with Gasteiger partial charge in [-0.15, -0.1) is 0 Å². The number of rotatable bonds is 1. The molecule has 1 heteroatoms. The molecule has 0 aromatic rings. The Labute approximate surface area is 84.2 Å². The van der Waals surface area contributed by atoms with E-state index in [9.17, 15) is 0 Å². The van der Waals surface area contributed by atoms with Crippen LogP contribution >= 0.6 is 15.9 Å². The standard InChI is InChI=1S/C11H19Br/c1-8-10(6-7-11(8)12)9-4-2-3-5-9/h8-11H,2-7H2,1H3. The van der Waals surface area contributed by atoms with Crippen LogP contribution in [0.1, 0.15) is 45.4 Å². The quantitative estimate of drug-likeness (QED) is 0.598. The second-order valence-electron chi connectivity index (χ2n) is 4.66. The SMILES string of the molecule is CC1C(Br)CCC1C1CCCC1. The van der Waals surface area contributed by atoms with Gasteiger partial charge in [0.2, 0.25) is 0 Å². The van der Waals surface area contributed by atoms with E-state index in [1.807, 2.05) is 0 Å². The van der Waals surface area contributed by atoms with E-state index in [0.717, 1.165) is 22.6 Å².